The van der Waals surface area contributed by atoms with Crippen LogP contribution in [0.1, 0.15) is 11.6 Å². The minimum Gasteiger partial charge on any atom is -0.496 e. The molecule has 14 heavy (non-hydrogen) atoms. The second kappa shape index (κ2) is 5.34. The van der Waals surface area contributed by atoms with Crippen LogP contribution in [-0.2, 0) is 4.74 Å². The van der Waals surface area contributed by atoms with Gasteiger partial charge in [0.1, 0.15) is 5.75 Å². The minimum absolute atomic E-state index is 0.0952. The quantitative estimate of drug-likeness (QED) is 0.901. The van der Waals surface area contributed by atoms with Gasteiger partial charge in [0.05, 0.1) is 24.2 Å². The van der Waals surface area contributed by atoms with Crippen molar-refractivity contribution in [1.29, 1.82) is 0 Å². The van der Waals surface area contributed by atoms with Crippen molar-refractivity contribution in [2.45, 2.75) is 6.04 Å². The van der Waals surface area contributed by atoms with Crippen molar-refractivity contribution >= 4 is 15.9 Å². The summed E-state index contributed by atoms with van der Waals surface area (Å²) in [6, 6.07) is 5.67. The minimum atomic E-state index is -0.0952. The molecule has 1 rings (SSSR count). The van der Waals surface area contributed by atoms with E-state index in [9.17, 15) is 0 Å². The SMILES string of the molecule is COC[C@H](N)c1ccc(OC)c(Br)c1. The molecule has 1 aromatic carbocycles. The van der Waals surface area contributed by atoms with Crippen molar-refractivity contribution < 1.29 is 9.47 Å². The van der Waals surface area contributed by atoms with Crippen LogP contribution in [0.3, 0.4) is 0 Å². The maximum atomic E-state index is 5.88. The molecule has 0 radical (unpaired) electrons. The molecule has 0 aliphatic rings. The predicted molar refractivity (Wildman–Crippen MR) is 59.5 cm³/mol. The van der Waals surface area contributed by atoms with Crippen molar-refractivity contribution in [2.24, 2.45) is 5.73 Å². The molecule has 0 saturated carbocycles. The van der Waals surface area contributed by atoms with Gasteiger partial charge in [-0.05, 0) is 33.6 Å². The van der Waals surface area contributed by atoms with Gasteiger partial charge in [0.2, 0.25) is 0 Å². The van der Waals surface area contributed by atoms with Crippen molar-refractivity contribution in [3.05, 3.63) is 28.2 Å². The molecular weight excluding hydrogens is 246 g/mol. The van der Waals surface area contributed by atoms with Crippen LogP contribution in [0.15, 0.2) is 22.7 Å². The highest BCUT2D eigenvalue weighted by Crippen LogP contribution is 2.27. The van der Waals surface area contributed by atoms with Gasteiger partial charge in [-0.15, -0.1) is 0 Å². The summed E-state index contributed by atoms with van der Waals surface area (Å²) in [5.41, 5.74) is 6.91. The summed E-state index contributed by atoms with van der Waals surface area (Å²) in [7, 11) is 3.27. The first-order valence-electron chi connectivity index (χ1n) is 4.27. The molecule has 2 N–H and O–H groups in total. The number of rotatable bonds is 4. The monoisotopic (exact) mass is 259 g/mol. The van der Waals surface area contributed by atoms with Gasteiger partial charge in [0.15, 0.2) is 0 Å². The average Bonchev–Trinajstić information content (AvgIpc) is 2.18. The molecule has 78 valence electrons. The number of nitrogens with two attached hydrogens (primary N) is 1. The van der Waals surface area contributed by atoms with E-state index < -0.39 is 0 Å². The third kappa shape index (κ3) is 2.70. The zero-order valence-electron chi connectivity index (χ0n) is 8.29. The lowest BCUT2D eigenvalue weighted by Crippen LogP contribution is -2.15. The Bertz CT molecular complexity index is 304. The smallest absolute Gasteiger partial charge is 0.133 e. The standard InChI is InChI=1S/C10H14BrNO2/c1-13-6-9(12)7-3-4-10(14-2)8(11)5-7/h3-5,9H,6,12H2,1-2H3/t9-/m0/s1. The number of hydrogen-bond acceptors (Lipinski definition) is 3. The van der Waals surface area contributed by atoms with Crippen LogP contribution in [0.4, 0.5) is 0 Å². The van der Waals surface area contributed by atoms with Crippen LogP contribution in [0.2, 0.25) is 0 Å². The lowest BCUT2D eigenvalue weighted by Gasteiger charge is -2.12. The van der Waals surface area contributed by atoms with E-state index in [4.69, 9.17) is 15.2 Å². The fraction of sp³-hybridized carbons (Fsp3) is 0.400. The maximum Gasteiger partial charge on any atom is 0.133 e. The fourth-order valence-electron chi connectivity index (χ4n) is 1.19. The Balaban J connectivity index is 2.85. The van der Waals surface area contributed by atoms with Crippen LogP contribution in [0.5, 0.6) is 5.75 Å². The normalized spacial score (nSPS) is 12.6. The van der Waals surface area contributed by atoms with Gasteiger partial charge >= 0.3 is 0 Å². The topological polar surface area (TPSA) is 44.5 Å². The number of benzene rings is 1. The predicted octanol–water partition coefficient (Wildman–Crippen LogP) is 2.10. The lowest BCUT2D eigenvalue weighted by atomic mass is 10.1. The first-order chi connectivity index (χ1) is 6.69. The Labute approximate surface area is 92.3 Å². The first-order valence-corrected chi connectivity index (χ1v) is 5.06. The second-order valence-electron chi connectivity index (χ2n) is 2.96. The zero-order valence-corrected chi connectivity index (χ0v) is 9.87. The zero-order chi connectivity index (χ0) is 10.6. The van der Waals surface area contributed by atoms with Gasteiger partial charge < -0.3 is 15.2 Å². The van der Waals surface area contributed by atoms with Crippen LogP contribution < -0.4 is 10.5 Å². The van der Waals surface area contributed by atoms with Gasteiger partial charge in [0, 0.05) is 7.11 Å². The van der Waals surface area contributed by atoms with Crippen LogP contribution in [0, 0.1) is 0 Å². The Hall–Kier alpha value is -0.580. The highest BCUT2D eigenvalue weighted by atomic mass is 79.9. The van der Waals surface area contributed by atoms with Crippen molar-refractivity contribution in [1.82, 2.24) is 0 Å². The Morgan fingerprint density at radius 2 is 2.14 bits per heavy atom. The van der Waals surface area contributed by atoms with E-state index in [1.165, 1.54) is 0 Å². The molecule has 0 heterocycles. The van der Waals surface area contributed by atoms with Crippen molar-refractivity contribution in [3.8, 4) is 5.75 Å². The highest BCUT2D eigenvalue weighted by Gasteiger charge is 2.08. The van der Waals surface area contributed by atoms with E-state index in [-0.39, 0.29) is 6.04 Å². The molecule has 0 aromatic heterocycles. The molecule has 1 aromatic rings. The Morgan fingerprint density at radius 3 is 2.64 bits per heavy atom. The van der Waals surface area contributed by atoms with Gasteiger partial charge in [-0.3, -0.25) is 0 Å². The molecular formula is C10H14BrNO2. The lowest BCUT2D eigenvalue weighted by molar-refractivity contribution is 0.181. The third-order valence-corrected chi connectivity index (χ3v) is 2.57. The number of hydrogen-bond donors (Lipinski definition) is 1. The van der Waals surface area contributed by atoms with E-state index >= 15 is 0 Å². The van der Waals surface area contributed by atoms with Crippen LogP contribution in [-0.4, -0.2) is 20.8 Å². The summed E-state index contributed by atoms with van der Waals surface area (Å²) >= 11 is 3.41. The van der Waals surface area contributed by atoms with Crippen molar-refractivity contribution in [2.75, 3.05) is 20.8 Å². The van der Waals surface area contributed by atoms with E-state index in [2.05, 4.69) is 15.9 Å². The van der Waals surface area contributed by atoms with Crippen LogP contribution >= 0.6 is 15.9 Å². The molecule has 0 aliphatic heterocycles. The van der Waals surface area contributed by atoms with E-state index in [1.807, 2.05) is 18.2 Å². The van der Waals surface area contributed by atoms with E-state index in [0.717, 1.165) is 15.8 Å². The van der Waals surface area contributed by atoms with Crippen LogP contribution in [0.25, 0.3) is 0 Å². The summed E-state index contributed by atoms with van der Waals surface area (Å²) in [4.78, 5) is 0. The van der Waals surface area contributed by atoms with Gasteiger partial charge in [-0.25, -0.2) is 0 Å². The summed E-state index contributed by atoms with van der Waals surface area (Å²) in [6.45, 7) is 0.513. The molecule has 1 atom stereocenters. The summed E-state index contributed by atoms with van der Waals surface area (Å²) in [6.07, 6.45) is 0. The third-order valence-electron chi connectivity index (χ3n) is 1.95. The fourth-order valence-corrected chi connectivity index (χ4v) is 1.75. The first kappa shape index (κ1) is 11.5. The Kier molecular flexibility index (Phi) is 4.38. The molecule has 3 nitrogen and oxygen atoms in total. The largest absolute Gasteiger partial charge is 0.496 e. The second-order valence-corrected chi connectivity index (χ2v) is 3.81. The maximum absolute atomic E-state index is 5.88. The van der Waals surface area contributed by atoms with Gasteiger partial charge in [-0.1, -0.05) is 6.07 Å². The molecule has 0 spiro atoms. The molecule has 0 saturated heterocycles. The average molecular weight is 260 g/mol. The van der Waals surface area contributed by atoms with E-state index in [0.29, 0.717) is 6.61 Å². The molecule has 0 aliphatic carbocycles. The van der Waals surface area contributed by atoms with Crippen molar-refractivity contribution in [3.63, 3.8) is 0 Å². The summed E-state index contributed by atoms with van der Waals surface area (Å²) in [5, 5.41) is 0. The number of methoxy groups -OCH3 is 2. The Morgan fingerprint density at radius 1 is 1.43 bits per heavy atom. The molecule has 0 bridgehead atoms. The molecule has 0 amide bonds. The van der Waals surface area contributed by atoms with E-state index in [1.54, 1.807) is 14.2 Å². The molecule has 0 unspecified atom stereocenters. The number of ether oxygens (including phenoxy) is 2. The summed E-state index contributed by atoms with van der Waals surface area (Å²) in [5.74, 6) is 0.804. The summed E-state index contributed by atoms with van der Waals surface area (Å²) < 4.78 is 11.0. The molecule has 0 fully saturated rings. The van der Waals surface area contributed by atoms with Gasteiger partial charge in [-0.2, -0.15) is 0 Å². The number of halogens is 1. The van der Waals surface area contributed by atoms with Gasteiger partial charge in [0.25, 0.3) is 0 Å². The molecule has 4 heteroatoms. The highest BCUT2D eigenvalue weighted by molar-refractivity contribution is 9.10.